The lowest BCUT2D eigenvalue weighted by atomic mass is 10.2. The molecule has 4 rings (SSSR count). The van der Waals surface area contributed by atoms with Gasteiger partial charge in [0.2, 0.25) is 5.91 Å². The summed E-state index contributed by atoms with van der Waals surface area (Å²) in [5, 5.41) is 7.21. The molecule has 1 atom stereocenters. The molecule has 3 aromatic rings. The van der Waals surface area contributed by atoms with E-state index in [1.165, 1.54) is 4.88 Å². The van der Waals surface area contributed by atoms with Crippen LogP contribution in [0, 0.1) is 13.8 Å². The number of morpholine rings is 1. The number of aromatic nitrogens is 2. The maximum atomic E-state index is 12.6. The summed E-state index contributed by atoms with van der Waals surface area (Å²) in [5.41, 5.74) is 1.15. The van der Waals surface area contributed by atoms with Gasteiger partial charge in [0.15, 0.2) is 0 Å². The first-order chi connectivity index (χ1) is 14.5. The van der Waals surface area contributed by atoms with Crippen molar-refractivity contribution in [2.75, 3.05) is 31.6 Å². The van der Waals surface area contributed by atoms with Crippen molar-refractivity contribution in [3.8, 4) is 0 Å². The van der Waals surface area contributed by atoms with E-state index in [4.69, 9.17) is 19.1 Å². The second-order valence-electron chi connectivity index (χ2n) is 7.50. The summed E-state index contributed by atoms with van der Waals surface area (Å²) >= 11 is 1.67. The Morgan fingerprint density at radius 3 is 2.83 bits per heavy atom. The molecule has 1 unspecified atom stereocenters. The second-order valence-corrected chi connectivity index (χ2v) is 8.71. The third-order valence-electron chi connectivity index (χ3n) is 5.31. The number of hydrogen-bond acceptors (Lipinski definition) is 8. The minimum absolute atomic E-state index is 0.113. The van der Waals surface area contributed by atoms with Crippen LogP contribution in [0.1, 0.15) is 28.9 Å². The van der Waals surface area contributed by atoms with E-state index < -0.39 is 6.04 Å². The van der Waals surface area contributed by atoms with Crippen molar-refractivity contribution in [1.29, 1.82) is 0 Å². The maximum absolute atomic E-state index is 12.6. The van der Waals surface area contributed by atoms with Crippen LogP contribution in [0.3, 0.4) is 0 Å². The van der Waals surface area contributed by atoms with Crippen molar-refractivity contribution >= 4 is 33.3 Å². The summed E-state index contributed by atoms with van der Waals surface area (Å²) in [6.45, 7) is 10.2. The lowest BCUT2D eigenvalue weighted by Crippen LogP contribution is -2.38. The smallest absolute Gasteiger partial charge is 0.242 e. The van der Waals surface area contributed by atoms with E-state index >= 15 is 0 Å². The highest BCUT2D eigenvalue weighted by Crippen LogP contribution is 2.33. The van der Waals surface area contributed by atoms with Gasteiger partial charge in [0.25, 0.3) is 0 Å². The van der Waals surface area contributed by atoms with E-state index in [-0.39, 0.29) is 5.91 Å². The first-order valence-electron chi connectivity index (χ1n) is 10.1. The Balaban J connectivity index is 1.53. The van der Waals surface area contributed by atoms with Gasteiger partial charge in [-0.05, 0) is 38.5 Å². The molecule has 9 heteroatoms. The predicted octanol–water partition coefficient (Wildman–Crippen LogP) is 2.85. The maximum Gasteiger partial charge on any atom is 0.242 e. The SMILES string of the molecule is Cc1sc2nc(CN3CCOCC3)nc(NC(C)C(=O)NCc3ccco3)c2c1C. The van der Waals surface area contributed by atoms with Crippen LogP contribution >= 0.6 is 11.3 Å². The summed E-state index contributed by atoms with van der Waals surface area (Å²) in [6, 6.07) is 3.19. The first-order valence-corrected chi connectivity index (χ1v) is 11.0. The fraction of sp³-hybridized carbons (Fsp3) is 0.476. The first kappa shape index (κ1) is 20.8. The number of anilines is 1. The number of ether oxygens (including phenoxy) is 1. The number of furan rings is 1. The molecule has 1 aliphatic rings. The topological polar surface area (TPSA) is 92.5 Å². The highest BCUT2D eigenvalue weighted by Gasteiger charge is 2.20. The molecule has 3 aromatic heterocycles. The van der Waals surface area contributed by atoms with Gasteiger partial charge in [-0.1, -0.05) is 0 Å². The highest BCUT2D eigenvalue weighted by atomic mass is 32.1. The fourth-order valence-electron chi connectivity index (χ4n) is 3.44. The lowest BCUT2D eigenvalue weighted by Gasteiger charge is -2.26. The molecule has 8 nitrogen and oxygen atoms in total. The molecule has 160 valence electrons. The summed E-state index contributed by atoms with van der Waals surface area (Å²) in [4.78, 5) is 26.7. The van der Waals surface area contributed by atoms with Gasteiger partial charge in [-0.15, -0.1) is 11.3 Å². The van der Waals surface area contributed by atoms with Crippen LogP contribution in [0.2, 0.25) is 0 Å². The molecule has 0 saturated carbocycles. The average molecular weight is 430 g/mol. The van der Waals surface area contributed by atoms with Gasteiger partial charge < -0.3 is 19.8 Å². The number of hydrogen-bond donors (Lipinski definition) is 2. The van der Waals surface area contributed by atoms with Crippen LogP contribution in [-0.2, 0) is 22.6 Å². The molecule has 0 aliphatic carbocycles. The van der Waals surface area contributed by atoms with Gasteiger partial charge in [0.1, 0.15) is 28.3 Å². The molecule has 1 fully saturated rings. The molecule has 1 amide bonds. The molecule has 0 bridgehead atoms. The highest BCUT2D eigenvalue weighted by molar-refractivity contribution is 7.18. The van der Waals surface area contributed by atoms with E-state index in [0.717, 1.165) is 53.7 Å². The zero-order valence-electron chi connectivity index (χ0n) is 17.5. The normalized spacial score (nSPS) is 16.0. The van der Waals surface area contributed by atoms with Crippen molar-refractivity contribution in [3.05, 3.63) is 40.4 Å². The quantitative estimate of drug-likeness (QED) is 0.597. The number of thiophene rings is 1. The minimum Gasteiger partial charge on any atom is -0.467 e. The van der Waals surface area contributed by atoms with Crippen molar-refractivity contribution < 1.29 is 13.9 Å². The van der Waals surface area contributed by atoms with Gasteiger partial charge in [0.05, 0.1) is 38.0 Å². The fourth-order valence-corrected chi connectivity index (χ4v) is 4.49. The van der Waals surface area contributed by atoms with E-state index in [2.05, 4.69) is 29.4 Å². The zero-order valence-corrected chi connectivity index (χ0v) is 18.3. The van der Waals surface area contributed by atoms with Gasteiger partial charge in [-0.25, -0.2) is 9.97 Å². The van der Waals surface area contributed by atoms with Gasteiger partial charge in [-0.3, -0.25) is 9.69 Å². The molecule has 1 saturated heterocycles. The number of nitrogens with one attached hydrogen (secondary N) is 2. The van der Waals surface area contributed by atoms with Crippen molar-refractivity contribution in [1.82, 2.24) is 20.2 Å². The van der Waals surface area contributed by atoms with E-state index in [1.807, 2.05) is 13.0 Å². The zero-order chi connectivity index (χ0) is 21.1. The third-order valence-corrected chi connectivity index (χ3v) is 6.41. The molecule has 4 heterocycles. The number of rotatable bonds is 7. The number of fused-ring (bicyclic) bond motifs is 1. The molecular formula is C21H27N5O3S. The molecule has 0 radical (unpaired) electrons. The Labute approximate surface area is 179 Å². The largest absolute Gasteiger partial charge is 0.467 e. The van der Waals surface area contributed by atoms with Crippen molar-refractivity contribution in [3.63, 3.8) is 0 Å². The van der Waals surface area contributed by atoms with Crippen molar-refractivity contribution in [2.45, 2.75) is 39.9 Å². The van der Waals surface area contributed by atoms with Gasteiger partial charge in [0, 0.05) is 18.0 Å². The number of aryl methyl sites for hydroxylation is 2. The second kappa shape index (κ2) is 9.11. The summed E-state index contributed by atoms with van der Waals surface area (Å²) in [7, 11) is 0. The summed E-state index contributed by atoms with van der Waals surface area (Å²) in [5.74, 6) is 2.08. The molecule has 2 N–H and O–H groups in total. The van der Waals surface area contributed by atoms with Crippen LogP contribution in [0.15, 0.2) is 22.8 Å². The van der Waals surface area contributed by atoms with Gasteiger partial charge >= 0.3 is 0 Å². The summed E-state index contributed by atoms with van der Waals surface area (Å²) < 4.78 is 10.7. The molecule has 0 aromatic carbocycles. The minimum atomic E-state index is -0.450. The predicted molar refractivity (Wildman–Crippen MR) is 117 cm³/mol. The Hall–Kier alpha value is -2.49. The van der Waals surface area contributed by atoms with Crippen LogP contribution in [-0.4, -0.2) is 53.1 Å². The Kier molecular flexibility index (Phi) is 6.31. The Morgan fingerprint density at radius 2 is 2.10 bits per heavy atom. The standard InChI is InChI=1S/C21H27N5O3S/c1-13-15(3)30-21-18(13)19(24-17(25-21)12-26-6-9-28-10-7-26)23-14(2)20(27)22-11-16-5-4-8-29-16/h4-5,8,14H,6-7,9-12H2,1-3H3,(H,22,27)(H,23,24,25). The average Bonchev–Trinajstić information content (AvgIpc) is 3.35. The van der Waals surface area contributed by atoms with Crippen LogP contribution < -0.4 is 10.6 Å². The summed E-state index contributed by atoms with van der Waals surface area (Å²) in [6.07, 6.45) is 1.60. The molecule has 30 heavy (non-hydrogen) atoms. The van der Waals surface area contributed by atoms with E-state index in [1.54, 1.807) is 23.7 Å². The molecule has 1 aliphatic heterocycles. The molecule has 0 spiro atoms. The number of carbonyl (C=O) groups is 1. The Morgan fingerprint density at radius 1 is 1.30 bits per heavy atom. The number of amides is 1. The monoisotopic (exact) mass is 429 g/mol. The molecular weight excluding hydrogens is 402 g/mol. The van der Waals surface area contributed by atoms with Crippen LogP contribution in [0.4, 0.5) is 5.82 Å². The van der Waals surface area contributed by atoms with Crippen molar-refractivity contribution in [2.24, 2.45) is 0 Å². The van der Waals surface area contributed by atoms with Crippen LogP contribution in [0.25, 0.3) is 10.2 Å². The van der Waals surface area contributed by atoms with E-state index in [9.17, 15) is 4.79 Å². The number of carbonyl (C=O) groups excluding carboxylic acids is 1. The van der Waals surface area contributed by atoms with Crippen LogP contribution in [0.5, 0.6) is 0 Å². The van der Waals surface area contributed by atoms with Gasteiger partial charge in [-0.2, -0.15) is 0 Å². The number of nitrogens with zero attached hydrogens (tertiary/aromatic N) is 3. The lowest BCUT2D eigenvalue weighted by molar-refractivity contribution is -0.121. The van der Waals surface area contributed by atoms with E-state index in [0.29, 0.717) is 18.9 Å². The third kappa shape index (κ3) is 4.63. The Bertz CT molecular complexity index is 1010.